The molecule has 0 unspecified atom stereocenters. The third-order valence-electron chi connectivity index (χ3n) is 7.30. The summed E-state index contributed by atoms with van der Waals surface area (Å²) >= 11 is 0. The summed E-state index contributed by atoms with van der Waals surface area (Å²) in [7, 11) is -1.93. The van der Waals surface area contributed by atoms with E-state index in [1.54, 1.807) is 22.8 Å². The maximum atomic E-state index is 13.7. The third kappa shape index (κ3) is 5.46. The molecule has 0 atom stereocenters. The molecule has 1 aliphatic heterocycles. The molecular formula is C26H34N8O4S. The molecule has 0 spiro atoms. The molecule has 0 radical (unpaired) electrons. The second kappa shape index (κ2) is 11.3. The van der Waals surface area contributed by atoms with Gasteiger partial charge in [-0.2, -0.15) is 9.52 Å². The summed E-state index contributed by atoms with van der Waals surface area (Å²) in [5.74, 6) is 1.83. The maximum absolute atomic E-state index is 13.7. The van der Waals surface area contributed by atoms with Crippen LogP contribution in [0.5, 0.6) is 5.75 Å². The zero-order valence-corrected chi connectivity index (χ0v) is 23.3. The lowest BCUT2D eigenvalue weighted by Gasteiger charge is -2.31. The van der Waals surface area contributed by atoms with Gasteiger partial charge in [-0.15, -0.1) is 10.2 Å². The van der Waals surface area contributed by atoms with E-state index >= 15 is 0 Å². The molecule has 1 fully saturated rings. The number of nitrogens with one attached hydrogen (secondary N) is 2. The number of fused-ring (bicyclic) bond motifs is 1. The van der Waals surface area contributed by atoms with E-state index in [2.05, 4.69) is 32.5 Å². The summed E-state index contributed by atoms with van der Waals surface area (Å²) in [4.78, 5) is 20.9. The summed E-state index contributed by atoms with van der Waals surface area (Å²) in [6.45, 7) is 5.19. The number of nitrogens with zero attached hydrogens (tertiary/aromatic N) is 6. The van der Waals surface area contributed by atoms with Crippen LogP contribution in [0.1, 0.15) is 50.9 Å². The van der Waals surface area contributed by atoms with Crippen molar-refractivity contribution >= 4 is 21.1 Å². The summed E-state index contributed by atoms with van der Waals surface area (Å²) in [5, 5.41) is 14.0. The van der Waals surface area contributed by atoms with Crippen molar-refractivity contribution < 1.29 is 13.2 Å². The second-order valence-electron chi connectivity index (χ2n) is 9.93. The number of H-pyrrole nitrogens is 2. The molecule has 1 aliphatic rings. The zero-order chi connectivity index (χ0) is 27.6. The number of tetrazole rings is 1. The van der Waals surface area contributed by atoms with Crippen molar-refractivity contribution in [3.05, 3.63) is 46.1 Å². The number of aromatic amines is 2. The molecule has 39 heavy (non-hydrogen) atoms. The van der Waals surface area contributed by atoms with Gasteiger partial charge in [-0.1, -0.05) is 18.6 Å². The smallest absolute Gasteiger partial charge is 0.275 e. The van der Waals surface area contributed by atoms with Crippen LogP contribution in [0.4, 0.5) is 0 Å². The largest absolute Gasteiger partial charge is 0.493 e. The Labute approximate surface area is 226 Å². The first-order valence-electron chi connectivity index (χ1n) is 13.4. The summed E-state index contributed by atoms with van der Waals surface area (Å²) in [5.41, 5.74) is 2.26. The molecule has 0 aliphatic carbocycles. The molecule has 13 heteroatoms. The molecule has 1 saturated heterocycles. The number of sulfonamides is 1. The molecule has 12 nitrogen and oxygen atoms in total. The van der Waals surface area contributed by atoms with Crippen molar-refractivity contribution in [1.29, 1.82) is 0 Å². The molecule has 208 valence electrons. The highest BCUT2D eigenvalue weighted by molar-refractivity contribution is 7.89. The number of aryl methyl sites for hydroxylation is 3. The number of benzene rings is 1. The predicted molar refractivity (Wildman–Crippen MR) is 146 cm³/mol. The van der Waals surface area contributed by atoms with Gasteiger partial charge < -0.3 is 14.3 Å². The summed E-state index contributed by atoms with van der Waals surface area (Å²) < 4.78 is 36.5. The first-order chi connectivity index (χ1) is 18.8. The Kier molecular flexibility index (Phi) is 7.80. The monoisotopic (exact) mass is 554 g/mol. The van der Waals surface area contributed by atoms with Gasteiger partial charge in [0.15, 0.2) is 5.82 Å². The number of aromatic nitrogens is 7. The minimum atomic E-state index is -3.76. The molecular weight excluding hydrogens is 520 g/mol. The van der Waals surface area contributed by atoms with Gasteiger partial charge in [0, 0.05) is 32.8 Å². The average molecular weight is 555 g/mol. The van der Waals surface area contributed by atoms with E-state index in [-0.39, 0.29) is 16.3 Å². The zero-order valence-electron chi connectivity index (χ0n) is 22.5. The Morgan fingerprint density at radius 2 is 1.95 bits per heavy atom. The topological polar surface area (TPSA) is 152 Å². The van der Waals surface area contributed by atoms with Crippen molar-refractivity contribution in [2.75, 3.05) is 19.7 Å². The van der Waals surface area contributed by atoms with Crippen molar-refractivity contribution in [2.24, 2.45) is 13.0 Å². The average Bonchev–Trinajstić information content (AvgIpc) is 3.56. The van der Waals surface area contributed by atoms with Crippen LogP contribution in [0.2, 0.25) is 0 Å². The molecule has 1 aromatic carbocycles. The Balaban J connectivity index is 1.43. The molecule has 3 aromatic heterocycles. The van der Waals surface area contributed by atoms with E-state index in [4.69, 9.17) is 9.72 Å². The van der Waals surface area contributed by atoms with Crippen molar-refractivity contribution in [2.45, 2.75) is 57.3 Å². The van der Waals surface area contributed by atoms with Gasteiger partial charge in [-0.3, -0.25) is 4.79 Å². The van der Waals surface area contributed by atoms with Gasteiger partial charge >= 0.3 is 0 Å². The van der Waals surface area contributed by atoms with Gasteiger partial charge in [-0.05, 0) is 62.3 Å². The fourth-order valence-corrected chi connectivity index (χ4v) is 6.80. The maximum Gasteiger partial charge on any atom is 0.275 e. The number of hydrogen-bond acceptors (Lipinski definition) is 8. The van der Waals surface area contributed by atoms with Crippen molar-refractivity contribution in [1.82, 2.24) is 39.5 Å². The minimum Gasteiger partial charge on any atom is -0.493 e. The number of rotatable bonds is 10. The fraction of sp³-hybridized carbons (Fsp3) is 0.500. The highest BCUT2D eigenvalue weighted by Gasteiger charge is 2.30. The van der Waals surface area contributed by atoms with Crippen LogP contribution in [0.25, 0.3) is 22.4 Å². The van der Waals surface area contributed by atoms with E-state index < -0.39 is 10.0 Å². The number of piperidine rings is 1. The lowest BCUT2D eigenvalue weighted by molar-refractivity contribution is 0.263. The standard InChI is InChI=1S/C26H34N8O4S/c1-4-6-18-16-33(3)24-23(18)27-25(28-26(24)35)20-15-19(8-9-21(20)38-5-2)39(36,37)34-13-11-17(12-14-34)7-10-22-29-31-32-30-22/h8-9,15-17H,4-7,10-14H2,1-3H3,(H,27,28,35)(H,29,30,31,32). The van der Waals surface area contributed by atoms with Crippen LogP contribution in [0.3, 0.4) is 0 Å². The lowest BCUT2D eigenvalue weighted by atomic mass is 9.93. The van der Waals surface area contributed by atoms with Gasteiger partial charge in [0.05, 0.1) is 22.6 Å². The highest BCUT2D eigenvalue weighted by Crippen LogP contribution is 2.33. The predicted octanol–water partition coefficient (Wildman–Crippen LogP) is 2.83. The van der Waals surface area contributed by atoms with Crippen LogP contribution < -0.4 is 10.3 Å². The molecule has 2 N–H and O–H groups in total. The molecule has 5 rings (SSSR count). The van der Waals surface area contributed by atoms with E-state index in [0.29, 0.717) is 60.2 Å². The molecule has 0 saturated carbocycles. The van der Waals surface area contributed by atoms with Crippen molar-refractivity contribution in [3.8, 4) is 17.1 Å². The first-order valence-corrected chi connectivity index (χ1v) is 14.8. The SMILES string of the molecule is CCCc1cn(C)c2c(=O)[nH]c(-c3cc(S(=O)(=O)N4CCC(CCc5nn[nH]n5)CC4)ccc3OCC)nc12. The van der Waals surface area contributed by atoms with E-state index in [1.165, 1.54) is 4.31 Å². The van der Waals surface area contributed by atoms with Crippen LogP contribution in [-0.4, -0.2) is 67.6 Å². The Hall–Kier alpha value is -3.58. The van der Waals surface area contributed by atoms with Gasteiger partial charge in [0.25, 0.3) is 5.56 Å². The Bertz CT molecular complexity index is 1600. The van der Waals surface area contributed by atoms with Crippen LogP contribution >= 0.6 is 0 Å². The lowest BCUT2D eigenvalue weighted by Crippen LogP contribution is -2.38. The number of hydrogen-bond donors (Lipinski definition) is 2. The van der Waals surface area contributed by atoms with Gasteiger partial charge in [-0.25, -0.2) is 13.4 Å². The summed E-state index contributed by atoms with van der Waals surface area (Å²) in [6, 6.07) is 4.77. The van der Waals surface area contributed by atoms with E-state index in [9.17, 15) is 13.2 Å². The molecule has 0 bridgehead atoms. The quantitative estimate of drug-likeness (QED) is 0.304. The Morgan fingerprint density at radius 3 is 2.64 bits per heavy atom. The summed E-state index contributed by atoms with van der Waals surface area (Å²) in [6.07, 6.45) is 6.76. The first kappa shape index (κ1) is 27.0. The third-order valence-corrected chi connectivity index (χ3v) is 9.20. The van der Waals surface area contributed by atoms with Gasteiger partial charge in [0.2, 0.25) is 10.0 Å². The molecule has 0 amide bonds. The van der Waals surface area contributed by atoms with Crippen molar-refractivity contribution in [3.63, 3.8) is 0 Å². The molecule has 4 heterocycles. The van der Waals surface area contributed by atoms with E-state index in [0.717, 1.165) is 37.7 Å². The van der Waals surface area contributed by atoms with E-state index in [1.807, 2.05) is 20.2 Å². The van der Waals surface area contributed by atoms with Crippen LogP contribution in [0, 0.1) is 5.92 Å². The minimum absolute atomic E-state index is 0.149. The fourth-order valence-electron chi connectivity index (χ4n) is 5.30. The number of ether oxygens (including phenoxy) is 1. The van der Waals surface area contributed by atoms with Crippen LogP contribution in [-0.2, 0) is 29.9 Å². The second-order valence-corrected chi connectivity index (χ2v) is 11.9. The van der Waals surface area contributed by atoms with Crippen LogP contribution in [0.15, 0.2) is 34.1 Å². The van der Waals surface area contributed by atoms with Gasteiger partial charge in [0.1, 0.15) is 17.1 Å². The normalized spacial score (nSPS) is 15.3. The highest BCUT2D eigenvalue weighted by atomic mass is 32.2. The molecule has 4 aromatic rings. The Morgan fingerprint density at radius 1 is 1.15 bits per heavy atom.